The number of hydrogen-bond donors (Lipinski definition) is 0. The van der Waals surface area contributed by atoms with Gasteiger partial charge in [-0.25, -0.2) is 14.1 Å². The molecule has 0 aliphatic heterocycles. The Morgan fingerprint density at radius 2 is 1.83 bits per heavy atom. The normalized spacial score (nSPS) is 12.2. The van der Waals surface area contributed by atoms with Gasteiger partial charge in [0.05, 0.1) is 28.6 Å². The Morgan fingerprint density at radius 3 is 2.59 bits per heavy atom. The van der Waals surface area contributed by atoms with Crippen molar-refractivity contribution in [2.75, 3.05) is 0 Å². The van der Waals surface area contributed by atoms with Crippen LogP contribution in [0.5, 0.6) is 0 Å². The van der Waals surface area contributed by atoms with Gasteiger partial charge in [-0.15, -0.1) is 11.3 Å². The lowest BCUT2D eigenvalue weighted by atomic mass is 10.2. The zero-order valence-corrected chi connectivity index (χ0v) is 17.9. The summed E-state index contributed by atoms with van der Waals surface area (Å²) >= 11 is 7.87. The van der Waals surface area contributed by atoms with E-state index in [4.69, 9.17) is 11.6 Å². The van der Waals surface area contributed by atoms with Gasteiger partial charge in [0, 0.05) is 27.3 Å². The second kappa shape index (κ2) is 8.57. The number of aromatic nitrogens is 3. The van der Waals surface area contributed by atoms with Crippen molar-refractivity contribution in [3.05, 3.63) is 87.9 Å². The minimum absolute atomic E-state index is 0.275. The van der Waals surface area contributed by atoms with E-state index in [9.17, 15) is 8.60 Å². The standard InChI is InChI=1S/C21H17ClFN3OS2/c1-14-18(20(22)26(25-14)16-7-3-2-4-8-16)13-29(27)12-15-11-28-21(24-15)17-9-5-6-10-19(17)23/h2-11H,12-13H2,1H3/t29-/m0/s1. The van der Waals surface area contributed by atoms with Gasteiger partial charge in [0.15, 0.2) is 0 Å². The largest absolute Gasteiger partial charge is 0.259 e. The third-order valence-electron chi connectivity index (χ3n) is 4.39. The van der Waals surface area contributed by atoms with Gasteiger partial charge < -0.3 is 0 Å². The minimum atomic E-state index is -1.22. The molecule has 29 heavy (non-hydrogen) atoms. The molecule has 1 atom stereocenters. The molecule has 2 heterocycles. The monoisotopic (exact) mass is 445 g/mol. The highest BCUT2D eigenvalue weighted by Gasteiger charge is 2.18. The van der Waals surface area contributed by atoms with Crippen molar-refractivity contribution in [2.24, 2.45) is 0 Å². The van der Waals surface area contributed by atoms with Crippen LogP contribution in [0.4, 0.5) is 4.39 Å². The van der Waals surface area contributed by atoms with Crippen LogP contribution in [0.2, 0.25) is 5.15 Å². The molecule has 0 fully saturated rings. The molecule has 4 aromatic rings. The molecule has 0 aliphatic carbocycles. The van der Waals surface area contributed by atoms with Crippen LogP contribution in [0, 0.1) is 12.7 Å². The quantitative estimate of drug-likeness (QED) is 0.391. The minimum Gasteiger partial charge on any atom is -0.259 e. The lowest BCUT2D eigenvalue weighted by molar-refractivity contribution is 0.631. The van der Waals surface area contributed by atoms with Crippen molar-refractivity contribution < 1.29 is 8.60 Å². The summed E-state index contributed by atoms with van der Waals surface area (Å²) in [7, 11) is -1.22. The zero-order valence-electron chi connectivity index (χ0n) is 15.5. The first kappa shape index (κ1) is 19.9. The first-order valence-electron chi connectivity index (χ1n) is 8.86. The van der Waals surface area contributed by atoms with Gasteiger partial charge in [-0.2, -0.15) is 5.10 Å². The fraction of sp³-hybridized carbons (Fsp3) is 0.143. The Hall–Kier alpha value is -2.35. The van der Waals surface area contributed by atoms with E-state index in [-0.39, 0.29) is 17.3 Å². The molecular weight excluding hydrogens is 429 g/mol. The topological polar surface area (TPSA) is 47.8 Å². The maximum Gasteiger partial charge on any atom is 0.137 e. The molecule has 0 bridgehead atoms. The van der Waals surface area contributed by atoms with Crippen molar-refractivity contribution in [2.45, 2.75) is 18.4 Å². The van der Waals surface area contributed by atoms with Crippen molar-refractivity contribution >= 4 is 33.7 Å². The van der Waals surface area contributed by atoms with Gasteiger partial charge in [0.2, 0.25) is 0 Å². The second-order valence-electron chi connectivity index (χ2n) is 6.45. The molecule has 0 spiro atoms. The van der Waals surface area contributed by atoms with Crippen molar-refractivity contribution in [1.29, 1.82) is 0 Å². The summed E-state index contributed by atoms with van der Waals surface area (Å²) in [5.74, 6) is 0.242. The average Bonchev–Trinajstić information content (AvgIpc) is 3.29. The fourth-order valence-corrected chi connectivity index (χ4v) is 5.56. The number of para-hydroxylation sites is 1. The number of rotatable bonds is 6. The van der Waals surface area contributed by atoms with E-state index >= 15 is 0 Å². The molecule has 0 N–H and O–H groups in total. The van der Waals surface area contributed by atoms with Crippen LogP contribution in [-0.4, -0.2) is 19.0 Å². The van der Waals surface area contributed by atoms with Gasteiger partial charge in [-0.05, 0) is 31.2 Å². The predicted molar refractivity (Wildman–Crippen MR) is 116 cm³/mol. The Balaban J connectivity index is 1.50. The van der Waals surface area contributed by atoms with E-state index in [1.54, 1.807) is 22.9 Å². The summed E-state index contributed by atoms with van der Waals surface area (Å²) in [5.41, 5.74) is 3.50. The zero-order chi connectivity index (χ0) is 20.4. The van der Waals surface area contributed by atoms with Crippen LogP contribution < -0.4 is 0 Å². The predicted octanol–water partition coefficient (Wildman–Crippen LogP) is 5.55. The van der Waals surface area contributed by atoms with Gasteiger partial charge in [0.25, 0.3) is 0 Å². The molecule has 0 amide bonds. The number of nitrogens with zero attached hydrogens (tertiary/aromatic N) is 3. The molecule has 4 nitrogen and oxygen atoms in total. The van der Waals surface area contributed by atoms with Crippen LogP contribution in [0.1, 0.15) is 17.0 Å². The lowest BCUT2D eigenvalue weighted by Crippen LogP contribution is -2.01. The van der Waals surface area contributed by atoms with Gasteiger partial charge in [0.1, 0.15) is 16.0 Å². The summed E-state index contributed by atoms with van der Waals surface area (Å²) < 4.78 is 28.4. The fourth-order valence-electron chi connectivity index (χ4n) is 2.94. The highest BCUT2D eigenvalue weighted by molar-refractivity contribution is 7.83. The summed E-state index contributed by atoms with van der Waals surface area (Å²) in [6, 6.07) is 16.1. The van der Waals surface area contributed by atoms with E-state index in [0.717, 1.165) is 16.9 Å². The molecule has 148 valence electrons. The number of thiazole rings is 1. The summed E-state index contributed by atoms with van der Waals surface area (Å²) in [6.07, 6.45) is 0. The molecule has 0 radical (unpaired) electrons. The third-order valence-corrected chi connectivity index (χ3v) is 6.93. The van der Waals surface area contributed by atoms with Crippen molar-refractivity contribution in [1.82, 2.24) is 14.8 Å². The maximum absolute atomic E-state index is 13.9. The molecule has 2 aromatic carbocycles. The van der Waals surface area contributed by atoms with E-state index in [0.29, 0.717) is 21.4 Å². The van der Waals surface area contributed by atoms with Crippen molar-refractivity contribution in [3.63, 3.8) is 0 Å². The average molecular weight is 446 g/mol. The van der Waals surface area contributed by atoms with Gasteiger partial charge in [-0.1, -0.05) is 41.9 Å². The molecule has 2 aromatic heterocycles. The van der Waals surface area contributed by atoms with E-state index in [1.165, 1.54) is 17.4 Å². The number of halogens is 2. The molecule has 0 unspecified atom stereocenters. The number of aryl methyl sites for hydroxylation is 1. The van der Waals surface area contributed by atoms with Crippen LogP contribution in [0.15, 0.2) is 60.0 Å². The van der Waals surface area contributed by atoms with Crippen LogP contribution in [0.3, 0.4) is 0 Å². The highest BCUT2D eigenvalue weighted by atomic mass is 35.5. The molecule has 8 heteroatoms. The number of hydrogen-bond acceptors (Lipinski definition) is 4. The van der Waals surface area contributed by atoms with E-state index in [2.05, 4.69) is 10.1 Å². The molecular formula is C21H17ClFN3OS2. The van der Waals surface area contributed by atoms with E-state index < -0.39 is 10.8 Å². The Bertz CT molecular complexity index is 1170. The molecule has 0 aliphatic rings. The number of benzene rings is 2. The van der Waals surface area contributed by atoms with Gasteiger partial charge >= 0.3 is 0 Å². The molecule has 0 saturated carbocycles. The smallest absolute Gasteiger partial charge is 0.137 e. The molecule has 4 rings (SSSR count). The van der Waals surface area contributed by atoms with Gasteiger partial charge in [-0.3, -0.25) is 4.21 Å². The Morgan fingerprint density at radius 1 is 1.10 bits per heavy atom. The lowest BCUT2D eigenvalue weighted by Gasteiger charge is -2.03. The highest BCUT2D eigenvalue weighted by Crippen LogP contribution is 2.28. The van der Waals surface area contributed by atoms with Crippen LogP contribution >= 0.6 is 22.9 Å². The molecule has 0 saturated heterocycles. The summed E-state index contributed by atoms with van der Waals surface area (Å²) in [5, 5.41) is 7.36. The maximum atomic E-state index is 13.9. The Kier molecular flexibility index (Phi) is 5.89. The SMILES string of the molecule is Cc1nn(-c2ccccc2)c(Cl)c1C[S@@](=O)Cc1csc(-c2ccccc2F)n1. The third kappa shape index (κ3) is 4.32. The first-order chi connectivity index (χ1) is 14.0. The van der Waals surface area contributed by atoms with Crippen LogP contribution in [-0.2, 0) is 22.3 Å². The van der Waals surface area contributed by atoms with Crippen LogP contribution in [0.25, 0.3) is 16.3 Å². The van der Waals surface area contributed by atoms with Crippen molar-refractivity contribution in [3.8, 4) is 16.3 Å². The van der Waals surface area contributed by atoms with E-state index in [1.807, 2.05) is 42.6 Å². The Labute approximate surface area is 179 Å². The second-order valence-corrected chi connectivity index (χ2v) is 9.13. The first-order valence-corrected chi connectivity index (χ1v) is 11.6. The summed E-state index contributed by atoms with van der Waals surface area (Å²) in [6.45, 7) is 1.86. The summed E-state index contributed by atoms with van der Waals surface area (Å²) in [4.78, 5) is 4.45.